The highest BCUT2D eigenvalue weighted by Crippen LogP contribution is 2.31. The molecule has 0 unspecified atom stereocenters. The Hall–Kier alpha value is -2.82. The van der Waals surface area contributed by atoms with Gasteiger partial charge in [0.05, 0.1) is 16.7 Å². The van der Waals surface area contributed by atoms with Crippen LogP contribution < -0.4 is 5.32 Å². The maximum atomic E-state index is 4.77. The van der Waals surface area contributed by atoms with Gasteiger partial charge in [0.1, 0.15) is 0 Å². The molecule has 2 N–H and O–H groups in total. The van der Waals surface area contributed by atoms with Crippen LogP contribution in [0.4, 0.5) is 11.5 Å². The van der Waals surface area contributed by atoms with Gasteiger partial charge in [0.15, 0.2) is 5.82 Å². The summed E-state index contributed by atoms with van der Waals surface area (Å²) in [6, 6.07) is 14.6. The fourth-order valence-electron chi connectivity index (χ4n) is 3.67. The maximum absolute atomic E-state index is 4.77. The fraction of sp³-hybridized carbons (Fsp3) is 0.300. The third-order valence-corrected chi connectivity index (χ3v) is 5.32. The van der Waals surface area contributed by atoms with Gasteiger partial charge in [0.2, 0.25) is 0 Å². The van der Waals surface area contributed by atoms with Crippen molar-refractivity contribution in [2.24, 2.45) is 5.92 Å². The molecular formula is C20H21N5. The first-order valence-electron chi connectivity index (χ1n) is 8.95. The molecule has 2 aromatic heterocycles. The second-order valence-corrected chi connectivity index (χ2v) is 7.04. The highest BCUT2D eigenvalue weighted by Gasteiger charge is 2.20. The first kappa shape index (κ1) is 14.5. The molecule has 0 saturated heterocycles. The molecule has 1 aliphatic rings. The van der Waals surface area contributed by atoms with Gasteiger partial charge in [0.25, 0.3) is 0 Å². The number of aromatic nitrogens is 4. The number of nitrogens with zero attached hydrogens (tertiary/aromatic N) is 3. The van der Waals surface area contributed by atoms with E-state index >= 15 is 0 Å². The number of aryl methyl sites for hydroxylation is 1. The van der Waals surface area contributed by atoms with Crippen LogP contribution in [-0.4, -0.2) is 20.0 Å². The number of hydrogen-bond donors (Lipinski definition) is 2. The van der Waals surface area contributed by atoms with Gasteiger partial charge in [0, 0.05) is 23.0 Å². The molecule has 0 radical (unpaired) electrons. The Morgan fingerprint density at radius 3 is 2.88 bits per heavy atom. The van der Waals surface area contributed by atoms with E-state index in [-0.39, 0.29) is 0 Å². The lowest BCUT2D eigenvalue weighted by Gasteiger charge is -2.25. The van der Waals surface area contributed by atoms with Crippen LogP contribution in [0.3, 0.4) is 0 Å². The number of aromatic amines is 1. The van der Waals surface area contributed by atoms with Gasteiger partial charge in [-0.05, 0) is 56.0 Å². The van der Waals surface area contributed by atoms with Gasteiger partial charge in [-0.1, -0.05) is 18.6 Å². The number of hydrogen-bond acceptors (Lipinski definition) is 3. The molecule has 4 aromatic rings. The van der Waals surface area contributed by atoms with Gasteiger partial charge in [-0.15, -0.1) is 0 Å². The van der Waals surface area contributed by atoms with E-state index in [4.69, 9.17) is 5.10 Å². The number of rotatable bonds is 4. The average Bonchev–Trinajstić information content (AvgIpc) is 3.13. The molecule has 5 rings (SSSR count). The van der Waals surface area contributed by atoms with Gasteiger partial charge in [-0.3, -0.25) is 9.78 Å². The van der Waals surface area contributed by atoms with E-state index < -0.39 is 0 Å². The first-order chi connectivity index (χ1) is 12.3. The molecule has 5 nitrogen and oxygen atoms in total. The van der Waals surface area contributed by atoms with Crippen molar-refractivity contribution in [2.45, 2.75) is 32.7 Å². The Kier molecular flexibility index (Phi) is 3.26. The van der Waals surface area contributed by atoms with Crippen LogP contribution in [0.1, 0.15) is 25.0 Å². The summed E-state index contributed by atoms with van der Waals surface area (Å²) < 4.78 is 2.18. The molecule has 1 fully saturated rings. The highest BCUT2D eigenvalue weighted by molar-refractivity contribution is 5.93. The molecule has 2 aromatic carbocycles. The van der Waals surface area contributed by atoms with Crippen molar-refractivity contribution in [3.05, 3.63) is 48.2 Å². The molecule has 0 aliphatic heterocycles. The summed E-state index contributed by atoms with van der Waals surface area (Å²) in [7, 11) is 0. The zero-order valence-corrected chi connectivity index (χ0v) is 14.3. The summed E-state index contributed by atoms with van der Waals surface area (Å²) in [6.45, 7) is 3.13. The van der Waals surface area contributed by atoms with Gasteiger partial charge in [-0.25, -0.2) is 0 Å². The summed E-state index contributed by atoms with van der Waals surface area (Å²) in [5, 5.41) is 18.0. The van der Waals surface area contributed by atoms with Crippen molar-refractivity contribution in [2.75, 3.05) is 5.32 Å². The van der Waals surface area contributed by atoms with Crippen LogP contribution in [0.15, 0.2) is 42.5 Å². The van der Waals surface area contributed by atoms with Crippen molar-refractivity contribution in [3.63, 3.8) is 0 Å². The second kappa shape index (κ2) is 5.62. The highest BCUT2D eigenvalue weighted by atomic mass is 15.3. The summed E-state index contributed by atoms with van der Waals surface area (Å²) >= 11 is 0. The predicted molar refractivity (Wildman–Crippen MR) is 101 cm³/mol. The largest absolute Gasteiger partial charge is 0.338 e. The van der Waals surface area contributed by atoms with E-state index in [0.29, 0.717) is 0 Å². The second-order valence-electron chi connectivity index (χ2n) is 7.04. The molecule has 0 spiro atoms. The minimum Gasteiger partial charge on any atom is -0.338 e. The van der Waals surface area contributed by atoms with E-state index in [1.807, 2.05) is 18.2 Å². The molecule has 25 heavy (non-hydrogen) atoms. The topological polar surface area (TPSA) is 58.5 Å². The molecule has 0 amide bonds. The first-order valence-corrected chi connectivity index (χ1v) is 8.95. The maximum Gasteiger partial charge on any atom is 0.160 e. The Labute approximate surface area is 146 Å². The minimum atomic E-state index is 0.802. The van der Waals surface area contributed by atoms with Crippen LogP contribution in [0, 0.1) is 12.8 Å². The van der Waals surface area contributed by atoms with Gasteiger partial charge >= 0.3 is 0 Å². The summed E-state index contributed by atoms with van der Waals surface area (Å²) in [5.41, 5.74) is 4.39. The normalized spacial score (nSPS) is 14.9. The third kappa shape index (κ3) is 2.47. The zero-order valence-electron chi connectivity index (χ0n) is 14.3. The van der Waals surface area contributed by atoms with Crippen LogP contribution in [0.5, 0.6) is 0 Å². The Balaban J connectivity index is 1.49. The Bertz CT molecular complexity index is 1050. The molecule has 5 heteroatoms. The van der Waals surface area contributed by atoms with Crippen molar-refractivity contribution < 1.29 is 0 Å². The molecule has 1 saturated carbocycles. The van der Waals surface area contributed by atoms with E-state index in [9.17, 15) is 0 Å². The van der Waals surface area contributed by atoms with Crippen LogP contribution >= 0.6 is 0 Å². The molecule has 0 atom stereocenters. The van der Waals surface area contributed by atoms with Crippen LogP contribution in [0.25, 0.3) is 21.8 Å². The molecule has 126 valence electrons. The number of para-hydroxylation sites is 1. The fourth-order valence-corrected chi connectivity index (χ4v) is 3.67. The average molecular weight is 331 g/mol. The minimum absolute atomic E-state index is 0.802. The number of fused-ring (bicyclic) bond motifs is 2. The summed E-state index contributed by atoms with van der Waals surface area (Å²) in [6.07, 6.45) is 4.05. The number of anilines is 2. The van der Waals surface area contributed by atoms with Gasteiger partial charge in [-0.2, -0.15) is 10.2 Å². The number of H-pyrrole nitrogens is 1. The van der Waals surface area contributed by atoms with Crippen molar-refractivity contribution in [1.82, 2.24) is 20.0 Å². The smallest absolute Gasteiger partial charge is 0.160 e. The van der Waals surface area contributed by atoms with Crippen molar-refractivity contribution >= 4 is 33.3 Å². The van der Waals surface area contributed by atoms with E-state index in [0.717, 1.165) is 40.6 Å². The van der Waals surface area contributed by atoms with E-state index in [1.165, 1.54) is 30.2 Å². The van der Waals surface area contributed by atoms with E-state index in [1.54, 1.807) is 0 Å². The molecular weight excluding hydrogens is 310 g/mol. The van der Waals surface area contributed by atoms with Crippen LogP contribution in [-0.2, 0) is 6.54 Å². The number of nitrogens with one attached hydrogen (secondary N) is 2. The zero-order chi connectivity index (χ0) is 16.8. The van der Waals surface area contributed by atoms with Gasteiger partial charge < -0.3 is 5.32 Å². The lowest BCUT2D eigenvalue weighted by molar-refractivity contribution is 0.269. The molecule has 1 aliphatic carbocycles. The van der Waals surface area contributed by atoms with E-state index in [2.05, 4.69) is 51.4 Å². The van der Waals surface area contributed by atoms with Crippen LogP contribution in [0.2, 0.25) is 0 Å². The quantitative estimate of drug-likeness (QED) is 0.566. The SMILES string of the molecule is Cc1nn(CC2CCC2)c2ccc(Nc3n[nH]c4ccccc34)cc12. The summed E-state index contributed by atoms with van der Waals surface area (Å²) in [4.78, 5) is 0. The monoisotopic (exact) mass is 331 g/mol. The van der Waals surface area contributed by atoms with Crippen molar-refractivity contribution in [3.8, 4) is 0 Å². The third-order valence-electron chi connectivity index (χ3n) is 5.32. The number of benzene rings is 2. The Morgan fingerprint density at radius 2 is 2.04 bits per heavy atom. The lowest BCUT2D eigenvalue weighted by atomic mass is 9.85. The standard InChI is InChI=1S/C20H21N5/c1-13-17-11-15(21-20-16-7-2-3-8-18(16)22-23-20)9-10-19(17)25(24-13)12-14-5-4-6-14/h2-3,7-11,14H,4-6,12H2,1H3,(H2,21,22,23). The Morgan fingerprint density at radius 1 is 1.16 bits per heavy atom. The lowest BCUT2D eigenvalue weighted by Crippen LogP contribution is -2.18. The summed E-state index contributed by atoms with van der Waals surface area (Å²) in [5.74, 6) is 1.66. The van der Waals surface area contributed by atoms with Crippen molar-refractivity contribution in [1.29, 1.82) is 0 Å². The molecule has 2 heterocycles. The molecule has 0 bridgehead atoms. The predicted octanol–water partition coefficient (Wildman–Crippen LogP) is 4.76.